The van der Waals surface area contributed by atoms with Crippen LogP contribution in [0.15, 0.2) is 48.5 Å². The molecule has 0 aliphatic rings. The Labute approximate surface area is 139 Å². The van der Waals surface area contributed by atoms with Crippen LogP contribution < -0.4 is 15.8 Å². The molecule has 0 heterocycles. The van der Waals surface area contributed by atoms with Gasteiger partial charge >= 0.3 is 0 Å². The van der Waals surface area contributed by atoms with E-state index in [-0.39, 0.29) is 12.5 Å². The van der Waals surface area contributed by atoms with Gasteiger partial charge in [-0.05, 0) is 30.2 Å². The van der Waals surface area contributed by atoms with Gasteiger partial charge in [0.2, 0.25) is 5.91 Å². The van der Waals surface area contributed by atoms with Crippen LogP contribution in [0.1, 0.15) is 22.7 Å². The second-order valence-corrected chi connectivity index (χ2v) is 5.46. The molecule has 0 saturated carbocycles. The van der Waals surface area contributed by atoms with Gasteiger partial charge in [-0.25, -0.2) is 8.78 Å². The number of nitrogens with two attached hydrogens (primary N) is 1. The molecule has 6 heteroatoms. The van der Waals surface area contributed by atoms with Crippen molar-refractivity contribution in [2.75, 3.05) is 6.61 Å². The molecule has 0 aliphatic heterocycles. The lowest BCUT2D eigenvalue weighted by molar-refractivity contribution is -0.122. The molecule has 0 fully saturated rings. The summed E-state index contributed by atoms with van der Waals surface area (Å²) >= 11 is 0. The molecule has 0 saturated heterocycles. The van der Waals surface area contributed by atoms with Gasteiger partial charge in [0.1, 0.15) is 18.4 Å². The Bertz CT molecular complexity index is 675. The van der Waals surface area contributed by atoms with Crippen LogP contribution in [0, 0.1) is 6.92 Å². The summed E-state index contributed by atoms with van der Waals surface area (Å²) in [6.45, 7) is 1.54. The summed E-state index contributed by atoms with van der Waals surface area (Å²) in [6.07, 6.45) is -2.53. The zero-order valence-electron chi connectivity index (χ0n) is 13.3. The number of rotatable bonds is 7. The SMILES string of the molecule is Cc1ccc(C(N)C(=O)NCc2cccc(OCC(F)F)c2)cc1. The first kappa shape index (κ1) is 17.9. The number of hydrogen-bond donors (Lipinski definition) is 2. The van der Waals surface area contributed by atoms with Crippen LogP contribution >= 0.6 is 0 Å². The number of hydrogen-bond acceptors (Lipinski definition) is 3. The van der Waals surface area contributed by atoms with E-state index < -0.39 is 19.1 Å². The Morgan fingerprint density at radius 1 is 1.21 bits per heavy atom. The Kier molecular flexibility index (Phi) is 6.26. The van der Waals surface area contributed by atoms with Gasteiger partial charge in [0.15, 0.2) is 0 Å². The van der Waals surface area contributed by atoms with Gasteiger partial charge < -0.3 is 15.8 Å². The second-order valence-electron chi connectivity index (χ2n) is 5.46. The van der Waals surface area contributed by atoms with E-state index in [1.54, 1.807) is 24.3 Å². The molecule has 4 nitrogen and oxygen atoms in total. The van der Waals surface area contributed by atoms with Crippen molar-refractivity contribution < 1.29 is 18.3 Å². The van der Waals surface area contributed by atoms with Crippen LogP contribution in [0.4, 0.5) is 8.78 Å². The normalized spacial score (nSPS) is 12.0. The molecule has 0 bridgehead atoms. The van der Waals surface area contributed by atoms with Crippen LogP contribution in [-0.2, 0) is 11.3 Å². The van der Waals surface area contributed by atoms with Gasteiger partial charge in [0, 0.05) is 6.54 Å². The maximum atomic E-state index is 12.2. The summed E-state index contributed by atoms with van der Waals surface area (Å²) in [5, 5.41) is 2.74. The van der Waals surface area contributed by atoms with Gasteiger partial charge in [-0.15, -0.1) is 0 Å². The van der Waals surface area contributed by atoms with Crippen LogP contribution in [0.25, 0.3) is 0 Å². The third-order valence-corrected chi connectivity index (χ3v) is 3.46. The summed E-state index contributed by atoms with van der Waals surface area (Å²) in [7, 11) is 0. The lowest BCUT2D eigenvalue weighted by Crippen LogP contribution is -2.33. The number of amides is 1. The van der Waals surface area contributed by atoms with E-state index in [0.717, 1.165) is 16.7 Å². The van der Waals surface area contributed by atoms with Crippen molar-refractivity contribution in [3.63, 3.8) is 0 Å². The van der Waals surface area contributed by atoms with E-state index in [1.807, 2.05) is 31.2 Å². The molecule has 0 radical (unpaired) electrons. The molecule has 2 rings (SSSR count). The molecular formula is C18H20F2N2O2. The van der Waals surface area contributed by atoms with E-state index in [4.69, 9.17) is 10.5 Å². The highest BCUT2D eigenvalue weighted by atomic mass is 19.3. The van der Waals surface area contributed by atoms with Crippen molar-refractivity contribution in [1.82, 2.24) is 5.32 Å². The first-order valence-electron chi connectivity index (χ1n) is 7.55. The van der Waals surface area contributed by atoms with Crippen molar-refractivity contribution in [3.8, 4) is 5.75 Å². The summed E-state index contributed by atoms with van der Waals surface area (Å²) in [5.41, 5.74) is 8.50. The van der Waals surface area contributed by atoms with E-state index >= 15 is 0 Å². The first-order valence-corrected chi connectivity index (χ1v) is 7.55. The Morgan fingerprint density at radius 3 is 2.58 bits per heavy atom. The average Bonchev–Trinajstić information content (AvgIpc) is 2.58. The highest BCUT2D eigenvalue weighted by molar-refractivity contribution is 5.82. The topological polar surface area (TPSA) is 64.4 Å². The summed E-state index contributed by atoms with van der Waals surface area (Å²) in [5.74, 6) is 0.0302. The van der Waals surface area contributed by atoms with Crippen molar-refractivity contribution in [2.24, 2.45) is 5.73 Å². The van der Waals surface area contributed by atoms with E-state index in [1.165, 1.54) is 0 Å². The highest BCUT2D eigenvalue weighted by Gasteiger charge is 2.15. The predicted octanol–water partition coefficient (Wildman–Crippen LogP) is 2.96. The minimum Gasteiger partial charge on any atom is -0.488 e. The molecule has 0 aromatic heterocycles. The smallest absolute Gasteiger partial charge is 0.272 e. The van der Waals surface area contributed by atoms with Gasteiger partial charge in [-0.1, -0.05) is 42.0 Å². The fourth-order valence-electron chi connectivity index (χ4n) is 2.13. The number of carbonyl (C=O) groups is 1. The van der Waals surface area contributed by atoms with Gasteiger partial charge in [-0.2, -0.15) is 0 Å². The Balaban J connectivity index is 1.91. The maximum absolute atomic E-state index is 12.2. The maximum Gasteiger partial charge on any atom is 0.272 e. The lowest BCUT2D eigenvalue weighted by Gasteiger charge is -2.13. The molecule has 2 aromatic rings. The molecule has 2 aromatic carbocycles. The van der Waals surface area contributed by atoms with Crippen LogP contribution in [0.5, 0.6) is 5.75 Å². The van der Waals surface area contributed by atoms with Crippen LogP contribution in [0.3, 0.4) is 0 Å². The standard InChI is InChI=1S/C18H20F2N2O2/c1-12-5-7-14(8-6-12)17(21)18(23)22-10-13-3-2-4-15(9-13)24-11-16(19)20/h2-9,16-17H,10-11,21H2,1H3,(H,22,23). The van der Waals surface area contributed by atoms with Gasteiger partial charge in [0.25, 0.3) is 6.43 Å². The molecule has 128 valence electrons. The number of halogens is 2. The highest BCUT2D eigenvalue weighted by Crippen LogP contribution is 2.15. The second kappa shape index (κ2) is 8.40. The number of ether oxygens (including phenoxy) is 1. The number of aryl methyl sites for hydroxylation is 1. The van der Waals surface area contributed by atoms with E-state index in [2.05, 4.69) is 5.32 Å². The zero-order valence-corrected chi connectivity index (χ0v) is 13.3. The number of nitrogens with one attached hydrogen (secondary N) is 1. The Morgan fingerprint density at radius 2 is 1.92 bits per heavy atom. The van der Waals surface area contributed by atoms with E-state index in [9.17, 15) is 13.6 Å². The minimum absolute atomic E-state index is 0.240. The molecule has 1 atom stereocenters. The third kappa shape index (κ3) is 5.31. The summed E-state index contributed by atoms with van der Waals surface area (Å²) < 4.78 is 29.3. The van der Waals surface area contributed by atoms with Crippen LogP contribution in [-0.4, -0.2) is 18.9 Å². The predicted molar refractivity (Wildman–Crippen MR) is 87.9 cm³/mol. The fraction of sp³-hybridized carbons (Fsp3) is 0.278. The molecule has 0 spiro atoms. The monoisotopic (exact) mass is 334 g/mol. The van der Waals surface area contributed by atoms with Crippen LogP contribution in [0.2, 0.25) is 0 Å². The first-order chi connectivity index (χ1) is 11.5. The molecular weight excluding hydrogens is 314 g/mol. The largest absolute Gasteiger partial charge is 0.488 e. The van der Waals surface area contributed by atoms with Crippen molar-refractivity contribution in [2.45, 2.75) is 25.9 Å². The van der Waals surface area contributed by atoms with E-state index in [0.29, 0.717) is 5.75 Å². The quantitative estimate of drug-likeness (QED) is 0.818. The van der Waals surface area contributed by atoms with Crippen molar-refractivity contribution >= 4 is 5.91 Å². The zero-order chi connectivity index (χ0) is 17.5. The van der Waals surface area contributed by atoms with Gasteiger partial charge in [-0.3, -0.25) is 4.79 Å². The Hall–Kier alpha value is -2.47. The number of carbonyl (C=O) groups excluding carboxylic acids is 1. The molecule has 24 heavy (non-hydrogen) atoms. The average molecular weight is 334 g/mol. The van der Waals surface area contributed by atoms with Crippen molar-refractivity contribution in [1.29, 1.82) is 0 Å². The van der Waals surface area contributed by atoms with Crippen molar-refractivity contribution in [3.05, 3.63) is 65.2 Å². The number of alkyl halides is 2. The fourth-order valence-corrected chi connectivity index (χ4v) is 2.13. The lowest BCUT2D eigenvalue weighted by atomic mass is 10.1. The summed E-state index contributed by atoms with van der Waals surface area (Å²) in [4.78, 5) is 12.1. The molecule has 1 unspecified atom stereocenters. The number of benzene rings is 2. The molecule has 1 amide bonds. The minimum atomic E-state index is -2.53. The van der Waals surface area contributed by atoms with Gasteiger partial charge in [0.05, 0.1) is 0 Å². The summed E-state index contributed by atoms with van der Waals surface area (Å²) in [6, 6.07) is 13.3. The third-order valence-electron chi connectivity index (χ3n) is 3.46. The molecule has 0 aliphatic carbocycles. The molecule has 3 N–H and O–H groups in total.